The van der Waals surface area contributed by atoms with E-state index in [1.54, 1.807) is 33.9 Å². The van der Waals surface area contributed by atoms with Crippen molar-refractivity contribution >= 4 is 16.9 Å². The summed E-state index contributed by atoms with van der Waals surface area (Å²) >= 11 is 0. The van der Waals surface area contributed by atoms with Crippen molar-refractivity contribution in [3.63, 3.8) is 0 Å². The number of hydrogen-bond donors (Lipinski definition) is 1. The Labute approximate surface area is 176 Å². The molecule has 0 fully saturated rings. The third-order valence-corrected chi connectivity index (χ3v) is 5.00. The fourth-order valence-electron chi connectivity index (χ4n) is 3.41. The largest absolute Gasteiger partial charge is 0.383 e. The Morgan fingerprint density at radius 1 is 1.16 bits per heavy atom. The van der Waals surface area contributed by atoms with Gasteiger partial charge in [0.05, 0.1) is 41.1 Å². The maximum atomic E-state index is 9.27. The van der Waals surface area contributed by atoms with Crippen LogP contribution in [0.5, 0.6) is 0 Å². The molecule has 10 nitrogen and oxygen atoms in total. The Balaban J connectivity index is 1.63. The first-order valence-electron chi connectivity index (χ1n) is 9.47. The summed E-state index contributed by atoms with van der Waals surface area (Å²) in [4.78, 5) is 12.7. The van der Waals surface area contributed by atoms with Crippen LogP contribution in [0.15, 0.2) is 61.3 Å². The van der Waals surface area contributed by atoms with Crippen molar-refractivity contribution in [3.8, 4) is 23.0 Å². The molecule has 1 unspecified atom stereocenters. The number of nitrogens with zero attached hydrogens (tertiary/aromatic N) is 9. The summed E-state index contributed by atoms with van der Waals surface area (Å²) in [6, 6.07) is 12.8. The minimum absolute atomic E-state index is 0.282. The van der Waals surface area contributed by atoms with E-state index in [2.05, 4.69) is 31.3 Å². The lowest BCUT2D eigenvalue weighted by atomic mass is 10.1. The van der Waals surface area contributed by atoms with Crippen LogP contribution in [-0.4, -0.2) is 39.7 Å². The first kappa shape index (κ1) is 18.4. The van der Waals surface area contributed by atoms with E-state index >= 15 is 0 Å². The molecule has 4 aromatic heterocycles. The fourth-order valence-corrected chi connectivity index (χ4v) is 3.41. The van der Waals surface area contributed by atoms with Crippen LogP contribution in [0.1, 0.15) is 24.2 Å². The van der Waals surface area contributed by atoms with Crippen molar-refractivity contribution in [1.82, 2.24) is 39.7 Å². The summed E-state index contributed by atoms with van der Waals surface area (Å²) in [6.45, 7) is 1.96. The summed E-state index contributed by atoms with van der Waals surface area (Å²) in [7, 11) is 0. The van der Waals surface area contributed by atoms with Gasteiger partial charge in [0, 0.05) is 11.8 Å². The normalized spacial score (nSPS) is 12.0. The number of rotatable bonds is 4. The molecule has 5 rings (SSSR count). The number of fused-ring (bicyclic) bond motifs is 1. The summed E-state index contributed by atoms with van der Waals surface area (Å²) < 4.78 is 3.41. The molecule has 2 N–H and O–H groups in total. The van der Waals surface area contributed by atoms with E-state index in [0.29, 0.717) is 33.8 Å². The SMILES string of the molecule is CC(c1cn(-c2cccnc2)nn1)n1nc(-c2cccc(C#N)c2)c2c(N)ncnc21. The highest BCUT2D eigenvalue weighted by molar-refractivity contribution is 5.98. The van der Waals surface area contributed by atoms with Gasteiger partial charge in [-0.05, 0) is 31.2 Å². The molecule has 0 aliphatic heterocycles. The van der Waals surface area contributed by atoms with Crippen LogP contribution in [0.25, 0.3) is 28.0 Å². The number of benzene rings is 1. The molecular formula is C21H16N10. The van der Waals surface area contributed by atoms with Crippen LogP contribution < -0.4 is 5.73 Å². The monoisotopic (exact) mass is 408 g/mol. The maximum Gasteiger partial charge on any atom is 0.164 e. The molecule has 0 saturated heterocycles. The Bertz CT molecular complexity index is 1430. The van der Waals surface area contributed by atoms with E-state index in [-0.39, 0.29) is 6.04 Å². The predicted octanol–water partition coefficient (Wildman–Crippen LogP) is 2.53. The van der Waals surface area contributed by atoms with Crippen molar-refractivity contribution in [1.29, 1.82) is 5.26 Å². The Morgan fingerprint density at radius 2 is 2.06 bits per heavy atom. The van der Waals surface area contributed by atoms with Gasteiger partial charge in [0.15, 0.2) is 5.65 Å². The van der Waals surface area contributed by atoms with Crippen LogP contribution in [0, 0.1) is 11.3 Å². The van der Waals surface area contributed by atoms with Crippen LogP contribution in [0.4, 0.5) is 5.82 Å². The first-order chi connectivity index (χ1) is 15.2. The van der Waals surface area contributed by atoms with Gasteiger partial charge >= 0.3 is 0 Å². The summed E-state index contributed by atoms with van der Waals surface area (Å²) in [5, 5.41) is 23.2. The third-order valence-electron chi connectivity index (χ3n) is 5.00. The summed E-state index contributed by atoms with van der Waals surface area (Å²) in [5.74, 6) is 0.319. The molecule has 10 heteroatoms. The second-order valence-corrected chi connectivity index (χ2v) is 6.92. The van der Waals surface area contributed by atoms with Gasteiger partial charge in [0.1, 0.15) is 23.5 Å². The number of pyridine rings is 1. The van der Waals surface area contributed by atoms with Gasteiger partial charge in [0.2, 0.25) is 0 Å². The van der Waals surface area contributed by atoms with Crippen molar-refractivity contribution in [3.05, 3.63) is 72.6 Å². The zero-order valence-corrected chi connectivity index (χ0v) is 16.5. The van der Waals surface area contributed by atoms with Gasteiger partial charge in [-0.3, -0.25) is 4.98 Å². The molecule has 0 radical (unpaired) electrons. The zero-order valence-electron chi connectivity index (χ0n) is 16.5. The van der Waals surface area contributed by atoms with E-state index in [9.17, 15) is 5.26 Å². The highest BCUT2D eigenvalue weighted by atomic mass is 15.4. The highest BCUT2D eigenvalue weighted by Crippen LogP contribution is 2.33. The van der Waals surface area contributed by atoms with Crippen LogP contribution in [0.3, 0.4) is 0 Å². The van der Waals surface area contributed by atoms with Crippen molar-refractivity contribution in [2.75, 3.05) is 5.73 Å². The number of hydrogen-bond acceptors (Lipinski definition) is 8. The van der Waals surface area contributed by atoms with Gasteiger partial charge in [-0.15, -0.1) is 5.10 Å². The van der Waals surface area contributed by atoms with Crippen LogP contribution in [0.2, 0.25) is 0 Å². The number of anilines is 1. The molecule has 0 saturated carbocycles. The Morgan fingerprint density at radius 3 is 2.87 bits per heavy atom. The van der Waals surface area contributed by atoms with E-state index < -0.39 is 0 Å². The second-order valence-electron chi connectivity index (χ2n) is 6.92. The average molecular weight is 408 g/mol. The lowest BCUT2D eigenvalue weighted by molar-refractivity contribution is 0.565. The molecule has 4 heterocycles. The maximum absolute atomic E-state index is 9.27. The predicted molar refractivity (Wildman–Crippen MR) is 113 cm³/mol. The topological polar surface area (TPSA) is 137 Å². The van der Waals surface area contributed by atoms with Gasteiger partial charge in [-0.1, -0.05) is 17.3 Å². The molecule has 150 valence electrons. The minimum atomic E-state index is -0.282. The molecular weight excluding hydrogens is 392 g/mol. The summed E-state index contributed by atoms with van der Waals surface area (Å²) in [5.41, 5.74) is 10.2. The molecule has 0 amide bonds. The molecule has 31 heavy (non-hydrogen) atoms. The van der Waals surface area contributed by atoms with Gasteiger partial charge in [-0.25, -0.2) is 19.3 Å². The quantitative estimate of drug-likeness (QED) is 0.479. The van der Waals surface area contributed by atoms with Crippen molar-refractivity contribution in [2.24, 2.45) is 0 Å². The van der Waals surface area contributed by atoms with E-state index in [1.807, 2.05) is 37.4 Å². The molecule has 0 aliphatic carbocycles. The Kier molecular flexibility index (Phi) is 4.33. The number of nitrogens with two attached hydrogens (primary N) is 1. The van der Waals surface area contributed by atoms with E-state index in [0.717, 1.165) is 11.3 Å². The highest BCUT2D eigenvalue weighted by Gasteiger charge is 2.22. The number of aromatic nitrogens is 8. The number of nitriles is 1. The van der Waals surface area contributed by atoms with E-state index in [4.69, 9.17) is 10.8 Å². The van der Waals surface area contributed by atoms with Crippen molar-refractivity contribution < 1.29 is 0 Å². The lowest BCUT2D eigenvalue weighted by Crippen LogP contribution is -2.10. The summed E-state index contributed by atoms with van der Waals surface area (Å²) in [6.07, 6.45) is 6.65. The molecule has 0 bridgehead atoms. The molecule has 5 aromatic rings. The van der Waals surface area contributed by atoms with Gasteiger partial charge in [0.25, 0.3) is 0 Å². The average Bonchev–Trinajstić information content (AvgIpc) is 3.46. The van der Waals surface area contributed by atoms with Crippen LogP contribution >= 0.6 is 0 Å². The zero-order chi connectivity index (χ0) is 21.4. The third kappa shape index (κ3) is 3.14. The second kappa shape index (κ2) is 7.31. The Hall–Kier alpha value is -4.65. The smallest absolute Gasteiger partial charge is 0.164 e. The standard InChI is InChI=1S/C21H16N10/c1-13(17-11-30(29-27-17)16-6-3-7-24-10-16)31-21-18(20(23)25-12-26-21)19(28-31)15-5-2-4-14(8-15)9-22/h2-8,10-13H,1H3,(H2,23,25,26). The minimum Gasteiger partial charge on any atom is -0.383 e. The molecule has 1 atom stereocenters. The van der Waals surface area contributed by atoms with Gasteiger partial charge < -0.3 is 5.73 Å². The lowest BCUT2D eigenvalue weighted by Gasteiger charge is -2.09. The van der Waals surface area contributed by atoms with Gasteiger partial charge in [-0.2, -0.15) is 10.4 Å². The fraction of sp³-hybridized carbons (Fsp3) is 0.0952. The first-order valence-corrected chi connectivity index (χ1v) is 9.47. The van der Waals surface area contributed by atoms with Crippen LogP contribution in [-0.2, 0) is 0 Å². The van der Waals surface area contributed by atoms with E-state index in [1.165, 1.54) is 6.33 Å². The molecule has 0 spiro atoms. The number of nitrogen functional groups attached to an aromatic ring is 1. The van der Waals surface area contributed by atoms with Crippen molar-refractivity contribution in [2.45, 2.75) is 13.0 Å². The molecule has 1 aromatic carbocycles. The molecule has 0 aliphatic rings.